The Kier molecular flexibility index (Phi) is 7.87. The standard InChI is InChI=1S/C25H30N2O5/c1-31-21-11-7-6-10-20(21)24(30)26-18-25(19-8-4-3-5-9-19)14-16-27(17-15-25)22(28)12-13-23(29)32-2/h3-11H,12-18H2,1-2H3,(H,26,30). The lowest BCUT2D eigenvalue weighted by molar-refractivity contribution is -0.144. The van der Waals surface area contributed by atoms with E-state index in [0.717, 1.165) is 5.56 Å². The monoisotopic (exact) mass is 438 g/mol. The number of methoxy groups -OCH3 is 2. The molecule has 3 rings (SSSR count). The van der Waals surface area contributed by atoms with Gasteiger partial charge in [-0.15, -0.1) is 0 Å². The first-order valence-electron chi connectivity index (χ1n) is 10.8. The predicted octanol–water partition coefficient (Wildman–Crippen LogP) is 2.94. The molecule has 0 bridgehead atoms. The molecule has 0 atom stereocenters. The van der Waals surface area contributed by atoms with E-state index in [0.29, 0.717) is 43.8 Å². The van der Waals surface area contributed by atoms with Gasteiger partial charge in [0.15, 0.2) is 0 Å². The molecule has 2 amide bonds. The number of rotatable bonds is 8. The smallest absolute Gasteiger partial charge is 0.306 e. The van der Waals surface area contributed by atoms with Crippen LogP contribution in [0.15, 0.2) is 54.6 Å². The lowest BCUT2D eigenvalue weighted by Crippen LogP contribution is -2.50. The van der Waals surface area contributed by atoms with Crippen molar-refractivity contribution in [1.82, 2.24) is 10.2 Å². The Morgan fingerprint density at radius 3 is 2.25 bits per heavy atom. The van der Waals surface area contributed by atoms with Crippen molar-refractivity contribution in [2.24, 2.45) is 0 Å². The van der Waals surface area contributed by atoms with Gasteiger partial charge in [0.2, 0.25) is 5.91 Å². The van der Waals surface area contributed by atoms with E-state index < -0.39 is 0 Å². The van der Waals surface area contributed by atoms with E-state index in [2.05, 4.69) is 22.2 Å². The number of hydrogen-bond donors (Lipinski definition) is 1. The second kappa shape index (κ2) is 10.8. The van der Waals surface area contributed by atoms with Crippen molar-refractivity contribution in [1.29, 1.82) is 0 Å². The van der Waals surface area contributed by atoms with E-state index in [-0.39, 0.29) is 36.0 Å². The van der Waals surface area contributed by atoms with Crippen LogP contribution in [0.2, 0.25) is 0 Å². The summed E-state index contributed by atoms with van der Waals surface area (Å²) in [6.45, 7) is 1.59. The highest BCUT2D eigenvalue weighted by Crippen LogP contribution is 2.35. The fourth-order valence-corrected chi connectivity index (χ4v) is 4.19. The Morgan fingerprint density at radius 2 is 1.59 bits per heavy atom. The third kappa shape index (κ3) is 5.46. The molecule has 0 aromatic heterocycles. The molecule has 0 spiro atoms. The van der Waals surface area contributed by atoms with Crippen LogP contribution in [0.3, 0.4) is 0 Å². The molecule has 2 aromatic carbocycles. The summed E-state index contributed by atoms with van der Waals surface area (Å²) in [6, 6.07) is 17.2. The molecule has 2 aromatic rings. The maximum Gasteiger partial charge on any atom is 0.306 e. The van der Waals surface area contributed by atoms with Gasteiger partial charge in [0.1, 0.15) is 5.75 Å². The van der Waals surface area contributed by atoms with Crippen molar-refractivity contribution in [3.63, 3.8) is 0 Å². The van der Waals surface area contributed by atoms with Gasteiger partial charge in [-0.2, -0.15) is 0 Å². The first kappa shape index (κ1) is 23.3. The minimum atomic E-state index is -0.381. The van der Waals surface area contributed by atoms with Gasteiger partial charge in [-0.25, -0.2) is 0 Å². The molecule has 1 heterocycles. The molecule has 0 unspecified atom stereocenters. The van der Waals surface area contributed by atoms with Crippen molar-refractivity contribution in [2.45, 2.75) is 31.1 Å². The van der Waals surface area contributed by atoms with Crippen molar-refractivity contribution >= 4 is 17.8 Å². The lowest BCUT2D eigenvalue weighted by atomic mass is 9.72. The van der Waals surface area contributed by atoms with E-state index in [9.17, 15) is 14.4 Å². The number of nitrogens with zero attached hydrogens (tertiary/aromatic N) is 1. The number of para-hydroxylation sites is 1. The molecule has 0 radical (unpaired) electrons. The molecule has 0 aliphatic carbocycles. The number of carbonyl (C=O) groups excluding carboxylic acids is 3. The summed E-state index contributed by atoms with van der Waals surface area (Å²) in [5.41, 5.74) is 1.36. The molecule has 1 aliphatic heterocycles. The predicted molar refractivity (Wildman–Crippen MR) is 121 cm³/mol. The van der Waals surface area contributed by atoms with Gasteiger partial charge in [0.25, 0.3) is 5.91 Å². The number of esters is 1. The summed E-state index contributed by atoms with van der Waals surface area (Å²) in [4.78, 5) is 38.6. The van der Waals surface area contributed by atoms with Gasteiger partial charge in [-0.1, -0.05) is 42.5 Å². The molecular formula is C25H30N2O5. The first-order chi connectivity index (χ1) is 15.5. The van der Waals surface area contributed by atoms with Gasteiger partial charge < -0.3 is 19.7 Å². The molecule has 1 N–H and O–H groups in total. The second-order valence-electron chi connectivity index (χ2n) is 7.99. The minimum Gasteiger partial charge on any atom is -0.496 e. The fourth-order valence-electron chi connectivity index (χ4n) is 4.19. The maximum absolute atomic E-state index is 12.9. The maximum atomic E-state index is 12.9. The van der Waals surface area contributed by atoms with Crippen LogP contribution < -0.4 is 10.1 Å². The molecule has 32 heavy (non-hydrogen) atoms. The quantitative estimate of drug-likeness (QED) is 0.641. The average molecular weight is 439 g/mol. The van der Waals surface area contributed by atoms with Crippen LogP contribution in [-0.4, -0.2) is 56.5 Å². The Bertz CT molecular complexity index is 936. The van der Waals surface area contributed by atoms with E-state index in [4.69, 9.17) is 4.74 Å². The Labute approximate surface area is 188 Å². The van der Waals surface area contributed by atoms with Crippen LogP contribution in [0.5, 0.6) is 5.75 Å². The second-order valence-corrected chi connectivity index (χ2v) is 7.99. The number of hydrogen-bond acceptors (Lipinski definition) is 5. The van der Waals surface area contributed by atoms with Crippen LogP contribution >= 0.6 is 0 Å². The van der Waals surface area contributed by atoms with Gasteiger partial charge in [0, 0.05) is 31.5 Å². The number of piperidine rings is 1. The van der Waals surface area contributed by atoms with Crippen LogP contribution in [0.25, 0.3) is 0 Å². The largest absolute Gasteiger partial charge is 0.496 e. The molecule has 170 valence electrons. The summed E-state index contributed by atoms with van der Waals surface area (Å²) >= 11 is 0. The Balaban J connectivity index is 1.70. The van der Waals surface area contributed by atoms with Crippen molar-refractivity contribution in [3.05, 3.63) is 65.7 Å². The first-order valence-corrected chi connectivity index (χ1v) is 10.8. The van der Waals surface area contributed by atoms with E-state index in [1.165, 1.54) is 7.11 Å². The zero-order chi connectivity index (χ0) is 23.0. The van der Waals surface area contributed by atoms with Crippen molar-refractivity contribution in [3.8, 4) is 5.75 Å². The number of benzene rings is 2. The van der Waals surface area contributed by atoms with Crippen molar-refractivity contribution < 1.29 is 23.9 Å². The number of nitrogens with one attached hydrogen (secondary N) is 1. The molecule has 1 saturated heterocycles. The molecule has 1 fully saturated rings. The highest BCUT2D eigenvalue weighted by molar-refractivity contribution is 5.97. The van der Waals surface area contributed by atoms with E-state index >= 15 is 0 Å². The van der Waals surface area contributed by atoms with Gasteiger partial charge in [0.05, 0.1) is 26.2 Å². The molecule has 1 aliphatic rings. The summed E-state index contributed by atoms with van der Waals surface area (Å²) in [7, 11) is 2.87. The number of carbonyl (C=O) groups is 3. The van der Waals surface area contributed by atoms with Crippen LogP contribution in [0.1, 0.15) is 41.6 Å². The average Bonchev–Trinajstić information content (AvgIpc) is 2.86. The number of likely N-dealkylation sites (tertiary alicyclic amines) is 1. The normalized spacial score (nSPS) is 15.0. The zero-order valence-corrected chi connectivity index (χ0v) is 18.6. The van der Waals surface area contributed by atoms with E-state index in [1.807, 2.05) is 30.3 Å². The zero-order valence-electron chi connectivity index (χ0n) is 18.6. The molecule has 7 heteroatoms. The van der Waals surface area contributed by atoms with Crippen LogP contribution in [-0.2, 0) is 19.7 Å². The highest BCUT2D eigenvalue weighted by Gasteiger charge is 2.37. The number of ether oxygens (including phenoxy) is 2. The van der Waals surface area contributed by atoms with Gasteiger partial charge >= 0.3 is 5.97 Å². The summed E-state index contributed by atoms with van der Waals surface area (Å²) in [6.07, 6.45) is 1.67. The number of amides is 2. The van der Waals surface area contributed by atoms with Crippen LogP contribution in [0.4, 0.5) is 0 Å². The summed E-state index contributed by atoms with van der Waals surface area (Å²) in [5.74, 6) is -0.0812. The minimum absolute atomic E-state index is 0.0462. The third-order valence-electron chi connectivity index (χ3n) is 6.17. The topological polar surface area (TPSA) is 84.9 Å². The van der Waals surface area contributed by atoms with Gasteiger partial charge in [-0.3, -0.25) is 14.4 Å². The van der Waals surface area contributed by atoms with Crippen molar-refractivity contribution in [2.75, 3.05) is 33.9 Å². The van der Waals surface area contributed by atoms with Gasteiger partial charge in [-0.05, 0) is 30.5 Å². The highest BCUT2D eigenvalue weighted by atomic mass is 16.5. The Morgan fingerprint density at radius 1 is 0.938 bits per heavy atom. The summed E-state index contributed by atoms with van der Waals surface area (Å²) in [5, 5.41) is 3.09. The molecular weight excluding hydrogens is 408 g/mol. The lowest BCUT2D eigenvalue weighted by Gasteiger charge is -2.42. The fraction of sp³-hybridized carbons (Fsp3) is 0.400. The third-order valence-corrected chi connectivity index (χ3v) is 6.17. The van der Waals surface area contributed by atoms with E-state index in [1.54, 1.807) is 24.1 Å². The SMILES string of the molecule is COC(=O)CCC(=O)N1CCC(CNC(=O)c2ccccc2OC)(c2ccccc2)CC1. The summed E-state index contributed by atoms with van der Waals surface area (Å²) < 4.78 is 9.95. The van der Waals surface area contributed by atoms with Crippen LogP contribution in [0, 0.1) is 0 Å². The Hall–Kier alpha value is -3.35. The molecule has 7 nitrogen and oxygen atoms in total. The molecule has 0 saturated carbocycles.